The molecule has 6 nitrogen and oxygen atoms in total. The second-order valence-corrected chi connectivity index (χ2v) is 4.88. The summed E-state index contributed by atoms with van der Waals surface area (Å²) in [5.74, 6) is 0.661. The molecule has 2 aromatic heterocycles. The maximum atomic E-state index is 11.7. The fraction of sp³-hybridized carbons (Fsp3) is 0.118. The summed E-state index contributed by atoms with van der Waals surface area (Å²) in [5.41, 5.74) is 2.72. The summed E-state index contributed by atoms with van der Waals surface area (Å²) < 4.78 is 5.14. The van der Waals surface area contributed by atoms with E-state index in [0.717, 1.165) is 16.8 Å². The van der Waals surface area contributed by atoms with Gasteiger partial charge in [-0.1, -0.05) is 30.3 Å². The summed E-state index contributed by atoms with van der Waals surface area (Å²) in [6.45, 7) is 0.520. The topological polar surface area (TPSA) is 79.9 Å². The van der Waals surface area contributed by atoms with E-state index < -0.39 is 6.09 Å². The van der Waals surface area contributed by atoms with Gasteiger partial charge >= 0.3 is 6.09 Å². The molecule has 2 N–H and O–H groups in total. The number of hydrogen-bond donors (Lipinski definition) is 2. The summed E-state index contributed by atoms with van der Waals surface area (Å²) in [4.78, 5) is 23.1. The van der Waals surface area contributed by atoms with Crippen LogP contribution in [0.4, 0.5) is 4.79 Å². The largest absolute Gasteiger partial charge is 0.445 e. The number of hydrogen-bond acceptors (Lipinski definition) is 4. The normalized spacial score (nSPS) is 10.3. The first kappa shape index (κ1) is 14.8. The number of aromatic amines is 1. The highest BCUT2D eigenvalue weighted by molar-refractivity contribution is 5.67. The molecule has 2 heterocycles. The SMILES string of the molecule is O=C(NCc1nc(-c2ccncc2)c[nH]1)OCc1ccccc1. The van der Waals surface area contributed by atoms with E-state index >= 15 is 0 Å². The van der Waals surface area contributed by atoms with Crippen LogP contribution < -0.4 is 5.32 Å². The minimum absolute atomic E-state index is 0.243. The van der Waals surface area contributed by atoms with E-state index in [1.54, 1.807) is 18.6 Å². The Morgan fingerprint density at radius 3 is 2.70 bits per heavy atom. The van der Waals surface area contributed by atoms with Crippen LogP contribution in [0.1, 0.15) is 11.4 Å². The van der Waals surface area contributed by atoms with Gasteiger partial charge < -0.3 is 15.0 Å². The van der Waals surface area contributed by atoms with Crippen molar-refractivity contribution in [3.8, 4) is 11.3 Å². The average molecular weight is 308 g/mol. The highest BCUT2D eigenvalue weighted by atomic mass is 16.5. The molecular formula is C17H16N4O2. The van der Waals surface area contributed by atoms with Gasteiger partial charge in [0, 0.05) is 24.2 Å². The number of pyridine rings is 1. The molecule has 0 fully saturated rings. The number of benzene rings is 1. The minimum atomic E-state index is -0.476. The van der Waals surface area contributed by atoms with E-state index in [1.807, 2.05) is 42.5 Å². The van der Waals surface area contributed by atoms with Crippen molar-refractivity contribution in [2.45, 2.75) is 13.2 Å². The van der Waals surface area contributed by atoms with Crippen LogP contribution in [0.15, 0.2) is 61.1 Å². The summed E-state index contributed by atoms with van der Waals surface area (Å²) in [7, 11) is 0. The molecule has 0 bridgehead atoms. The molecule has 1 aromatic carbocycles. The predicted molar refractivity (Wildman–Crippen MR) is 85.3 cm³/mol. The fourth-order valence-electron chi connectivity index (χ4n) is 2.05. The third kappa shape index (κ3) is 4.16. The molecular weight excluding hydrogens is 292 g/mol. The molecule has 0 saturated heterocycles. The first-order chi connectivity index (χ1) is 11.3. The van der Waals surface area contributed by atoms with Crippen LogP contribution in [-0.4, -0.2) is 21.0 Å². The van der Waals surface area contributed by atoms with Gasteiger partial charge in [-0.25, -0.2) is 9.78 Å². The van der Waals surface area contributed by atoms with Gasteiger partial charge in [0.2, 0.25) is 0 Å². The van der Waals surface area contributed by atoms with Crippen molar-refractivity contribution in [1.29, 1.82) is 0 Å². The van der Waals surface area contributed by atoms with Gasteiger partial charge in [0.05, 0.1) is 12.2 Å². The number of carbonyl (C=O) groups excluding carboxylic acids is 1. The smallest absolute Gasteiger partial charge is 0.407 e. The second-order valence-electron chi connectivity index (χ2n) is 4.88. The summed E-state index contributed by atoms with van der Waals surface area (Å²) in [6, 6.07) is 13.3. The maximum Gasteiger partial charge on any atom is 0.407 e. The van der Waals surface area contributed by atoms with E-state index in [1.165, 1.54) is 0 Å². The van der Waals surface area contributed by atoms with Gasteiger partial charge in [-0.2, -0.15) is 0 Å². The van der Waals surface area contributed by atoms with Crippen LogP contribution in [0.2, 0.25) is 0 Å². The maximum absolute atomic E-state index is 11.7. The third-order valence-electron chi connectivity index (χ3n) is 3.22. The lowest BCUT2D eigenvalue weighted by molar-refractivity contribution is 0.139. The molecule has 0 radical (unpaired) electrons. The molecule has 0 aliphatic heterocycles. The van der Waals surface area contributed by atoms with Gasteiger partial charge in [0.15, 0.2) is 0 Å². The van der Waals surface area contributed by atoms with Gasteiger partial charge in [-0.3, -0.25) is 4.98 Å². The van der Waals surface area contributed by atoms with Crippen LogP contribution >= 0.6 is 0 Å². The van der Waals surface area contributed by atoms with E-state index in [9.17, 15) is 4.79 Å². The quantitative estimate of drug-likeness (QED) is 0.759. The lowest BCUT2D eigenvalue weighted by Crippen LogP contribution is -2.24. The lowest BCUT2D eigenvalue weighted by Gasteiger charge is -2.05. The number of H-pyrrole nitrogens is 1. The van der Waals surface area contributed by atoms with Crippen LogP contribution in [0.3, 0.4) is 0 Å². The first-order valence-corrected chi connectivity index (χ1v) is 7.20. The third-order valence-corrected chi connectivity index (χ3v) is 3.22. The Kier molecular flexibility index (Phi) is 4.63. The molecule has 0 spiro atoms. The second kappa shape index (κ2) is 7.22. The first-order valence-electron chi connectivity index (χ1n) is 7.20. The van der Waals surface area contributed by atoms with Crippen molar-refractivity contribution in [1.82, 2.24) is 20.3 Å². The zero-order chi connectivity index (χ0) is 15.9. The van der Waals surface area contributed by atoms with Crippen LogP contribution in [-0.2, 0) is 17.9 Å². The molecule has 116 valence electrons. The number of rotatable bonds is 5. The Labute approximate surface area is 133 Å². The van der Waals surface area contributed by atoms with E-state index in [0.29, 0.717) is 5.82 Å². The Bertz CT molecular complexity index is 757. The summed E-state index contributed by atoms with van der Waals surface area (Å²) in [6.07, 6.45) is 4.74. The molecule has 6 heteroatoms. The minimum Gasteiger partial charge on any atom is -0.445 e. The van der Waals surface area contributed by atoms with Gasteiger partial charge in [-0.05, 0) is 17.7 Å². The number of nitrogens with one attached hydrogen (secondary N) is 2. The highest BCUT2D eigenvalue weighted by Crippen LogP contribution is 2.15. The number of amides is 1. The molecule has 0 atom stereocenters. The molecule has 23 heavy (non-hydrogen) atoms. The van der Waals surface area contributed by atoms with Gasteiger partial charge in [0.1, 0.15) is 12.4 Å². The van der Waals surface area contributed by atoms with Crippen molar-refractivity contribution < 1.29 is 9.53 Å². The monoisotopic (exact) mass is 308 g/mol. The zero-order valence-electron chi connectivity index (χ0n) is 12.4. The average Bonchev–Trinajstić information content (AvgIpc) is 3.09. The Hall–Kier alpha value is -3.15. The molecule has 1 amide bonds. The van der Waals surface area contributed by atoms with Crippen molar-refractivity contribution in [3.05, 3.63) is 72.4 Å². The van der Waals surface area contributed by atoms with E-state index in [2.05, 4.69) is 20.3 Å². The number of aromatic nitrogens is 3. The van der Waals surface area contributed by atoms with Crippen molar-refractivity contribution in [3.63, 3.8) is 0 Å². The highest BCUT2D eigenvalue weighted by Gasteiger charge is 2.06. The lowest BCUT2D eigenvalue weighted by atomic mass is 10.2. The fourth-order valence-corrected chi connectivity index (χ4v) is 2.05. The Morgan fingerprint density at radius 1 is 1.13 bits per heavy atom. The molecule has 3 rings (SSSR count). The summed E-state index contributed by atoms with van der Waals surface area (Å²) >= 11 is 0. The Balaban J connectivity index is 1.49. The molecule has 0 saturated carbocycles. The van der Waals surface area contributed by atoms with Crippen LogP contribution in [0, 0.1) is 0 Å². The zero-order valence-corrected chi connectivity index (χ0v) is 12.4. The number of ether oxygens (including phenoxy) is 1. The van der Waals surface area contributed by atoms with Crippen LogP contribution in [0.5, 0.6) is 0 Å². The molecule has 0 unspecified atom stereocenters. The molecule has 3 aromatic rings. The van der Waals surface area contributed by atoms with Gasteiger partial charge in [-0.15, -0.1) is 0 Å². The number of imidazole rings is 1. The summed E-state index contributed by atoms with van der Waals surface area (Å²) in [5, 5.41) is 2.67. The predicted octanol–water partition coefficient (Wildman–Crippen LogP) is 2.90. The van der Waals surface area contributed by atoms with Crippen molar-refractivity contribution in [2.75, 3.05) is 0 Å². The van der Waals surface area contributed by atoms with Crippen LogP contribution in [0.25, 0.3) is 11.3 Å². The Morgan fingerprint density at radius 2 is 1.91 bits per heavy atom. The number of alkyl carbamates (subject to hydrolysis) is 1. The van der Waals surface area contributed by atoms with Crippen molar-refractivity contribution in [2.24, 2.45) is 0 Å². The molecule has 0 aliphatic rings. The van der Waals surface area contributed by atoms with Crippen molar-refractivity contribution >= 4 is 6.09 Å². The number of nitrogens with zero attached hydrogens (tertiary/aromatic N) is 2. The van der Waals surface area contributed by atoms with E-state index in [-0.39, 0.29) is 13.2 Å². The molecule has 0 aliphatic carbocycles. The van der Waals surface area contributed by atoms with E-state index in [4.69, 9.17) is 4.74 Å². The van der Waals surface area contributed by atoms with Gasteiger partial charge in [0.25, 0.3) is 0 Å². The number of carbonyl (C=O) groups is 1. The standard InChI is InChI=1S/C17H16N4O2/c22-17(23-12-13-4-2-1-3-5-13)20-11-16-19-10-15(21-16)14-6-8-18-9-7-14/h1-10H,11-12H2,(H,19,21)(H,20,22).